The summed E-state index contributed by atoms with van der Waals surface area (Å²) in [4.78, 5) is 29.9. The molecule has 1 unspecified atom stereocenters. The second-order valence-corrected chi connectivity index (χ2v) is 6.65. The fourth-order valence-corrected chi connectivity index (χ4v) is 3.19. The number of benzene rings is 1. The minimum Gasteiger partial charge on any atom is -0.473 e. The topological polar surface area (TPSA) is 127 Å². The van der Waals surface area contributed by atoms with Gasteiger partial charge in [-0.15, -0.1) is 0 Å². The Bertz CT molecular complexity index is 994. The van der Waals surface area contributed by atoms with Crippen LogP contribution in [0.3, 0.4) is 0 Å². The van der Waals surface area contributed by atoms with E-state index in [1.54, 1.807) is 4.90 Å². The third kappa shape index (κ3) is 4.47. The summed E-state index contributed by atoms with van der Waals surface area (Å²) in [6.07, 6.45) is -0.470. The lowest BCUT2D eigenvalue weighted by Gasteiger charge is -2.40. The van der Waals surface area contributed by atoms with Crippen LogP contribution in [0.5, 0.6) is 5.88 Å². The molecule has 1 amide bonds. The number of piperazine rings is 1. The number of nitriles is 1. The van der Waals surface area contributed by atoms with Crippen LogP contribution in [0.2, 0.25) is 0 Å². The number of nitrogens with zero attached hydrogens (tertiary/aromatic N) is 4. The van der Waals surface area contributed by atoms with Crippen molar-refractivity contribution in [1.82, 2.24) is 9.88 Å². The van der Waals surface area contributed by atoms with Crippen LogP contribution in [0.4, 0.5) is 15.0 Å². The minimum absolute atomic E-state index is 0.0628. The van der Waals surface area contributed by atoms with Gasteiger partial charge in [0.25, 0.3) is 0 Å². The predicted octanol–water partition coefficient (Wildman–Crippen LogP) is 1.64. The van der Waals surface area contributed by atoms with Crippen molar-refractivity contribution >= 4 is 18.2 Å². The van der Waals surface area contributed by atoms with Gasteiger partial charge in [0.15, 0.2) is 6.29 Å². The Kier molecular flexibility index (Phi) is 6.44. The molecule has 2 heterocycles. The number of amides is 1. The molecule has 1 aromatic carbocycles. The Labute approximate surface area is 171 Å². The minimum atomic E-state index is -1.09. The fourth-order valence-electron chi connectivity index (χ4n) is 3.19. The number of aliphatic hydroxyl groups excluding tert-OH is 1. The number of pyridine rings is 1. The highest BCUT2D eigenvalue weighted by Crippen LogP contribution is 2.25. The molecule has 1 saturated heterocycles. The average Bonchev–Trinajstić information content (AvgIpc) is 2.77. The van der Waals surface area contributed by atoms with Crippen molar-refractivity contribution in [1.29, 1.82) is 5.26 Å². The van der Waals surface area contributed by atoms with Crippen molar-refractivity contribution in [2.45, 2.75) is 12.6 Å². The maximum atomic E-state index is 14.0. The number of carbonyl (C=O) groups excluding carboxylic acids is 1. The summed E-state index contributed by atoms with van der Waals surface area (Å²) in [5.41, 5.74) is 0.691. The Morgan fingerprint density at radius 1 is 1.37 bits per heavy atom. The van der Waals surface area contributed by atoms with Crippen LogP contribution >= 0.6 is 0 Å². The smallest absolute Gasteiger partial charge is 0.407 e. The number of halogens is 1. The molecular weight excluding hydrogens is 395 g/mol. The van der Waals surface area contributed by atoms with Crippen LogP contribution in [0.1, 0.15) is 21.5 Å². The van der Waals surface area contributed by atoms with Gasteiger partial charge < -0.3 is 24.7 Å². The fraction of sp³-hybridized carbons (Fsp3) is 0.300. The standard InChI is InChI=1S/C20H19FN4O5/c21-17-7-13(8-22)1-2-15(17)12-30-18-4-3-14(10-26)19(23-18)25-6-5-24(20(28)29)9-16(25)11-27/h1-4,7,10,16,27H,5-6,9,11-12H2,(H,28,29). The molecule has 2 aromatic rings. The molecule has 1 aliphatic rings. The number of ether oxygens (including phenoxy) is 1. The first kappa shape index (κ1) is 21.0. The second-order valence-electron chi connectivity index (χ2n) is 6.65. The van der Waals surface area contributed by atoms with Gasteiger partial charge in [-0.3, -0.25) is 4.79 Å². The maximum absolute atomic E-state index is 14.0. The highest BCUT2D eigenvalue weighted by atomic mass is 19.1. The third-order valence-electron chi connectivity index (χ3n) is 4.80. The molecule has 1 fully saturated rings. The van der Waals surface area contributed by atoms with Crippen molar-refractivity contribution in [3.8, 4) is 11.9 Å². The average molecular weight is 414 g/mol. The monoisotopic (exact) mass is 414 g/mol. The highest BCUT2D eigenvalue weighted by molar-refractivity contribution is 5.83. The first-order chi connectivity index (χ1) is 14.5. The van der Waals surface area contributed by atoms with Crippen molar-refractivity contribution in [2.75, 3.05) is 31.1 Å². The largest absolute Gasteiger partial charge is 0.473 e. The molecule has 9 nitrogen and oxygen atoms in total. The summed E-state index contributed by atoms with van der Waals surface area (Å²) >= 11 is 0. The highest BCUT2D eigenvalue weighted by Gasteiger charge is 2.31. The van der Waals surface area contributed by atoms with E-state index in [1.165, 1.54) is 29.2 Å². The number of aliphatic hydroxyl groups is 1. The van der Waals surface area contributed by atoms with E-state index >= 15 is 0 Å². The number of aromatic nitrogens is 1. The molecule has 10 heteroatoms. The van der Waals surface area contributed by atoms with Gasteiger partial charge in [-0.2, -0.15) is 10.2 Å². The maximum Gasteiger partial charge on any atom is 0.407 e. The van der Waals surface area contributed by atoms with E-state index in [4.69, 9.17) is 10.00 Å². The van der Waals surface area contributed by atoms with Gasteiger partial charge >= 0.3 is 6.09 Å². The normalized spacial score (nSPS) is 16.1. The second kappa shape index (κ2) is 9.19. The van der Waals surface area contributed by atoms with Gasteiger partial charge in [0.05, 0.1) is 29.8 Å². The molecular formula is C20H19FN4O5. The lowest BCUT2D eigenvalue weighted by atomic mass is 10.1. The van der Waals surface area contributed by atoms with Crippen LogP contribution in [-0.4, -0.2) is 64.8 Å². The van der Waals surface area contributed by atoms with E-state index in [0.29, 0.717) is 6.29 Å². The number of hydrogen-bond acceptors (Lipinski definition) is 7. The van der Waals surface area contributed by atoms with Crippen molar-refractivity contribution in [2.24, 2.45) is 0 Å². The lowest BCUT2D eigenvalue weighted by Crippen LogP contribution is -2.56. The molecule has 30 heavy (non-hydrogen) atoms. The summed E-state index contributed by atoms with van der Waals surface area (Å²) in [7, 11) is 0. The quantitative estimate of drug-likeness (QED) is 0.683. The van der Waals surface area contributed by atoms with Crippen LogP contribution in [0.25, 0.3) is 0 Å². The number of carbonyl (C=O) groups is 2. The van der Waals surface area contributed by atoms with Crippen LogP contribution in [0.15, 0.2) is 30.3 Å². The zero-order valence-electron chi connectivity index (χ0n) is 15.9. The molecule has 0 bridgehead atoms. The van der Waals surface area contributed by atoms with Crippen LogP contribution < -0.4 is 9.64 Å². The van der Waals surface area contributed by atoms with Gasteiger partial charge in [0.1, 0.15) is 18.2 Å². The Hall–Kier alpha value is -3.71. The van der Waals surface area contributed by atoms with E-state index in [-0.39, 0.29) is 61.2 Å². The molecule has 0 saturated carbocycles. The SMILES string of the molecule is N#Cc1ccc(COc2ccc(C=O)c(N3CCN(C(=O)O)CC3CO)n2)c(F)c1. The van der Waals surface area contributed by atoms with E-state index < -0.39 is 18.0 Å². The molecule has 0 radical (unpaired) electrons. The molecule has 1 atom stereocenters. The number of anilines is 1. The van der Waals surface area contributed by atoms with Crippen molar-refractivity contribution in [3.63, 3.8) is 0 Å². The Morgan fingerprint density at radius 3 is 2.80 bits per heavy atom. The lowest BCUT2D eigenvalue weighted by molar-refractivity contribution is 0.111. The van der Waals surface area contributed by atoms with E-state index in [2.05, 4.69) is 4.98 Å². The van der Waals surface area contributed by atoms with Gasteiger partial charge in [-0.25, -0.2) is 9.18 Å². The molecule has 0 spiro atoms. The summed E-state index contributed by atoms with van der Waals surface area (Å²) in [5, 5.41) is 27.7. The Balaban J connectivity index is 1.81. The number of carboxylic acid groups (broad SMARTS) is 1. The summed E-state index contributed by atoms with van der Waals surface area (Å²) in [6, 6.07) is 8.28. The molecule has 2 N–H and O–H groups in total. The molecule has 1 aromatic heterocycles. The van der Waals surface area contributed by atoms with Gasteiger partial charge in [-0.1, -0.05) is 6.07 Å². The molecule has 3 rings (SSSR count). The number of hydrogen-bond donors (Lipinski definition) is 2. The summed E-state index contributed by atoms with van der Waals surface area (Å²) < 4.78 is 19.6. The van der Waals surface area contributed by atoms with E-state index in [0.717, 1.165) is 6.07 Å². The van der Waals surface area contributed by atoms with Crippen molar-refractivity contribution < 1.29 is 28.9 Å². The number of rotatable bonds is 6. The van der Waals surface area contributed by atoms with Gasteiger partial charge in [-0.05, 0) is 18.2 Å². The van der Waals surface area contributed by atoms with Crippen molar-refractivity contribution in [3.05, 3.63) is 52.8 Å². The third-order valence-corrected chi connectivity index (χ3v) is 4.80. The van der Waals surface area contributed by atoms with Crippen LogP contribution in [-0.2, 0) is 6.61 Å². The van der Waals surface area contributed by atoms with Gasteiger partial charge in [0.2, 0.25) is 5.88 Å². The first-order valence-corrected chi connectivity index (χ1v) is 9.09. The molecule has 0 aliphatic carbocycles. The van der Waals surface area contributed by atoms with Gasteiger partial charge in [0, 0.05) is 31.3 Å². The van der Waals surface area contributed by atoms with E-state index in [9.17, 15) is 24.2 Å². The Morgan fingerprint density at radius 2 is 2.17 bits per heavy atom. The molecule has 156 valence electrons. The molecule has 1 aliphatic heterocycles. The summed E-state index contributed by atoms with van der Waals surface area (Å²) in [5.74, 6) is -0.187. The zero-order chi connectivity index (χ0) is 21.7. The number of aldehydes is 1. The first-order valence-electron chi connectivity index (χ1n) is 9.09. The summed E-state index contributed by atoms with van der Waals surface area (Å²) in [6.45, 7) is 0.0195. The van der Waals surface area contributed by atoms with Crippen LogP contribution in [0, 0.1) is 17.1 Å². The zero-order valence-corrected chi connectivity index (χ0v) is 15.9. The predicted molar refractivity (Wildman–Crippen MR) is 103 cm³/mol. The van der Waals surface area contributed by atoms with E-state index in [1.807, 2.05) is 6.07 Å².